The second-order valence-electron chi connectivity index (χ2n) is 5.88. The van der Waals surface area contributed by atoms with Crippen LogP contribution in [0.15, 0.2) is 46.9 Å². The smallest absolute Gasteiger partial charge is 0.231 e. The van der Waals surface area contributed by atoms with Crippen molar-refractivity contribution >= 4 is 52.3 Å². The standard InChI is InChI=1S/C19H19ClN4O2S2/c1-2-24-18(21-17(26)10-9-15(25)16-8-5-11-27-16)22-23-19(24)28-12-13-6-3-4-7-14(13)20/h3-8,11H,2,9-10,12H2,1H3,(H,21,22,26). The fourth-order valence-electron chi connectivity index (χ4n) is 2.51. The Labute approximate surface area is 176 Å². The number of rotatable bonds is 9. The highest BCUT2D eigenvalue weighted by Gasteiger charge is 2.16. The molecule has 0 bridgehead atoms. The van der Waals surface area contributed by atoms with Crippen LogP contribution in [0.4, 0.5) is 5.95 Å². The first-order valence-corrected chi connectivity index (χ1v) is 11.0. The van der Waals surface area contributed by atoms with Gasteiger partial charge >= 0.3 is 0 Å². The van der Waals surface area contributed by atoms with Crippen molar-refractivity contribution in [2.24, 2.45) is 0 Å². The number of halogens is 1. The second-order valence-corrected chi connectivity index (χ2v) is 8.18. The highest BCUT2D eigenvalue weighted by atomic mass is 35.5. The minimum Gasteiger partial charge on any atom is -0.295 e. The van der Waals surface area contributed by atoms with Crippen LogP contribution in [-0.2, 0) is 17.1 Å². The van der Waals surface area contributed by atoms with Crippen LogP contribution in [0.2, 0.25) is 5.02 Å². The number of ketones is 1. The quantitative estimate of drug-likeness (QED) is 0.382. The first-order chi connectivity index (χ1) is 13.6. The molecule has 146 valence electrons. The normalized spacial score (nSPS) is 10.8. The van der Waals surface area contributed by atoms with Crippen LogP contribution in [0.3, 0.4) is 0 Å². The summed E-state index contributed by atoms with van der Waals surface area (Å²) < 4.78 is 1.83. The van der Waals surface area contributed by atoms with Gasteiger partial charge in [-0.25, -0.2) is 0 Å². The molecule has 0 saturated heterocycles. The fraction of sp³-hybridized carbons (Fsp3) is 0.263. The molecular formula is C19H19ClN4O2S2. The molecule has 0 aliphatic rings. The molecule has 0 unspecified atom stereocenters. The first kappa shape index (κ1) is 20.6. The molecule has 0 aliphatic heterocycles. The number of carbonyl (C=O) groups excluding carboxylic acids is 2. The van der Waals surface area contributed by atoms with Crippen LogP contribution in [0.25, 0.3) is 0 Å². The topological polar surface area (TPSA) is 76.9 Å². The number of benzene rings is 1. The van der Waals surface area contributed by atoms with E-state index in [9.17, 15) is 9.59 Å². The average molecular weight is 435 g/mol. The molecule has 2 heterocycles. The fourth-order valence-corrected chi connectivity index (χ4v) is 4.49. The highest BCUT2D eigenvalue weighted by Crippen LogP contribution is 2.27. The van der Waals surface area contributed by atoms with E-state index in [-0.39, 0.29) is 24.5 Å². The van der Waals surface area contributed by atoms with Crippen LogP contribution in [-0.4, -0.2) is 26.5 Å². The summed E-state index contributed by atoms with van der Waals surface area (Å²) in [7, 11) is 0. The van der Waals surface area contributed by atoms with Crippen molar-refractivity contribution in [3.8, 4) is 0 Å². The van der Waals surface area contributed by atoms with Crippen molar-refractivity contribution in [2.75, 3.05) is 5.32 Å². The Balaban J connectivity index is 1.57. The van der Waals surface area contributed by atoms with Gasteiger partial charge in [0.05, 0.1) is 4.88 Å². The Bertz CT molecular complexity index is 957. The Kier molecular flexibility index (Phi) is 7.24. The van der Waals surface area contributed by atoms with E-state index < -0.39 is 0 Å². The van der Waals surface area contributed by atoms with Gasteiger partial charge in [0.2, 0.25) is 11.9 Å². The van der Waals surface area contributed by atoms with Crippen LogP contribution < -0.4 is 5.32 Å². The number of carbonyl (C=O) groups is 2. The minimum atomic E-state index is -0.255. The van der Waals surface area contributed by atoms with Crippen LogP contribution in [0, 0.1) is 0 Å². The van der Waals surface area contributed by atoms with E-state index in [0.717, 1.165) is 5.56 Å². The summed E-state index contributed by atoms with van der Waals surface area (Å²) >= 11 is 9.08. The number of hydrogen-bond acceptors (Lipinski definition) is 6. The molecule has 3 rings (SSSR count). The van der Waals surface area contributed by atoms with Gasteiger partial charge in [-0.2, -0.15) is 0 Å². The third-order valence-corrected chi connectivity index (χ3v) is 6.27. The molecule has 1 N–H and O–H groups in total. The molecule has 0 radical (unpaired) electrons. The van der Waals surface area contributed by atoms with E-state index in [1.54, 1.807) is 6.07 Å². The number of aromatic nitrogens is 3. The Morgan fingerprint density at radius 3 is 2.71 bits per heavy atom. The zero-order valence-corrected chi connectivity index (χ0v) is 17.6. The van der Waals surface area contributed by atoms with E-state index in [1.807, 2.05) is 47.2 Å². The summed E-state index contributed by atoms with van der Waals surface area (Å²) in [5.41, 5.74) is 1.01. The number of anilines is 1. The van der Waals surface area contributed by atoms with Gasteiger partial charge in [0.1, 0.15) is 0 Å². The van der Waals surface area contributed by atoms with E-state index in [1.165, 1.54) is 23.1 Å². The van der Waals surface area contributed by atoms with Crippen LogP contribution >= 0.6 is 34.7 Å². The monoisotopic (exact) mass is 434 g/mol. The Hall–Kier alpha value is -2.16. The molecule has 1 aromatic carbocycles. The molecule has 0 atom stereocenters. The molecule has 3 aromatic rings. The van der Waals surface area contributed by atoms with Gasteiger partial charge in [0, 0.05) is 30.2 Å². The number of nitrogens with one attached hydrogen (secondary N) is 1. The maximum absolute atomic E-state index is 12.2. The summed E-state index contributed by atoms with van der Waals surface area (Å²) in [6, 6.07) is 11.2. The lowest BCUT2D eigenvalue weighted by molar-refractivity contribution is -0.116. The van der Waals surface area contributed by atoms with Crippen molar-refractivity contribution in [3.63, 3.8) is 0 Å². The van der Waals surface area contributed by atoms with Gasteiger partial charge in [-0.3, -0.25) is 19.5 Å². The van der Waals surface area contributed by atoms with Crippen LogP contribution in [0.5, 0.6) is 0 Å². The van der Waals surface area contributed by atoms with Crippen molar-refractivity contribution in [1.29, 1.82) is 0 Å². The lowest BCUT2D eigenvalue weighted by Crippen LogP contribution is -2.16. The van der Waals surface area contributed by atoms with E-state index in [4.69, 9.17) is 11.6 Å². The second kappa shape index (κ2) is 9.86. The summed E-state index contributed by atoms with van der Waals surface area (Å²) in [5.74, 6) is 0.756. The number of hydrogen-bond donors (Lipinski definition) is 1. The minimum absolute atomic E-state index is 0.0295. The van der Waals surface area contributed by atoms with Crippen molar-refractivity contribution in [1.82, 2.24) is 14.8 Å². The van der Waals surface area contributed by atoms with Gasteiger partial charge in [0.25, 0.3) is 0 Å². The maximum atomic E-state index is 12.2. The molecule has 0 aliphatic carbocycles. The number of Topliss-reactive ketones (excluding diaryl/α,β-unsaturated/α-hetero) is 1. The molecule has 0 spiro atoms. The third kappa shape index (κ3) is 5.21. The van der Waals surface area contributed by atoms with E-state index in [0.29, 0.717) is 33.3 Å². The third-order valence-electron chi connectivity index (χ3n) is 3.97. The summed E-state index contributed by atoms with van der Waals surface area (Å²) in [6.45, 7) is 2.57. The van der Waals surface area contributed by atoms with Gasteiger partial charge < -0.3 is 0 Å². The summed E-state index contributed by atoms with van der Waals surface area (Å²) in [5, 5.41) is 14.3. The summed E-state index contributed by atoms with van der Waals surface area (Å²) in [6.07, 6.45) is 0.274. The van der Waals surface area contributed by atoms with Gasteiger partial charge in [-0.1, -0.05) is 47.6 Å². The lowest BCUT2D eigenvalue weighted by Gasteiger charge is -2.08. The van der Waals surface area contributed by atoms with Crippen molar-refractivity contribution < 1.29 is 9.59 Å². The number of nitrogens with zero attached hydrogens (tertiary/aromatic N) is 3. The van der Waals surface area contributed by atoms with Gasteiger partial charge in [-0.15, -0.1) is 21.5 Å². The molecule has 0 fully saturated rings. The molecule has 0 saturated carbocycles. The van der Waals surface area contributed by atoms with Gasteiger partial charge in [0.15, 0.2) is 10.9 Å². The Morgan fingerprint density at radius 2 is 2.00 bits per heavy atom. The molecule has 6 nitrogen and oxygen atoms in total. The predicted octanol–water partition coefficient (Wildman–Crippen LogP) is 4.91. The highest BCUT2D eigenvalue weighted by molar-refractivity contribution is 7.98. The number of amides is 1. The molecule has 1 amide bonds. The first-order valence-electron chi connectivity index (χ1n) is 8.74. The molecule has 9 heteroatoms. The zero-order valence-electron chi connectivity index (χ0n) is 15.2. The predicted molar refractivity (Wildman–Crippen MR) is 113 cm³/mol. The SMILES string of the molecule is CCn1c(NC(=O)CCC(=O)c2cccs2)nnc1SCc1ccccc1Cl. The van der Waals surface area contributed by atoms with Crippen LogP contribution in [0.1, 0.15) is 35.0 Å². The molecule has 2 aromatic heterocycles. The van der Waals surface area contributed by atoms with E-state index >= 15 is 0 Å². The largest absolute Gasteiger partial charge is 0.295 e. The maximum Gasteiger partial charge on any atom is 0.231 e. The summed E-state index contributed by atoms with van der Waals surface area (Å²) in [4.78, 5) is 24.9. The molecule has 28 heavy (non-hydrogen) atoms. The average Bonchev–Trinajstić information content (AvgIpc) is 3.35. The van der Waals surface area contributed by atoms with E-state index in [2.05, 4.69) is 15.5 Å². The number of thiophene rings is 1. The van der Waals surface area contributed by atoms with Gasteiger partial charge in [-0.05, 0) is 30.0 Å². The Morgan fingerprint density at radius 1 is 1.18 bits per heavy atom. The molecular weight excluding hydrogens is 416 g/mol. The van der Waals surface area contributed by atoms with Crippen molar-refractivity contribution in [2.45, 2.75) is 37.2 Å². The number of thioether (sulfide) groups is 1. The lowest BCUT2D eigenvalue weighted by atomic mass is 10.2. The van der Waals surface area contributed by atoms with Crippen molar-refractivity contribution in [3.05, 3.63) is 57.2 Å². The zero-order chi connectivity index (χ0) is 19.9.